The lowest BCUT2D eigenvalue weighted by atomic mass is 9.84. The van der Waals surface area contributed by atoms with Gasteiger partial charge in [0.05, 0.1) is 0 Å². The first-order valence-corrected chi connectivity index (χ1v) is 5.30. The summed E-state index contributed by atoms with van der Waals surface area (Å²) in [6, 6.07) is 4.13. The Bertz CT molecular complexity index is 370. The lowest BCUT2D eigenvalue weighted by Crippen LogP contribution is -2.11. The summed E-state index contributed by atoms with van der Waals surface area (Å²) in [5.74, 6) is 0.405. The highest BCUT2D eigenvalue weighted by atomic mass is 16.3. The highest BCUT2D eigenvalue weighted by molar-refractivity contribution is 5.45. The van der Waals surface area contributed by atoms with Crippen molar-refractivity contribution in [1.82, 2.24) is 0 Å². The molecule has 0 heterocycles. The van der Waals surface area contributed by atoms with Crippen molar-refractivity contribution >= 4 is 0 Å². The number of hydrogen-bond donors (Lipinski definition) is 1. The van der Waals surface area contributed by atoms with E-state index in [1.54, 1.807) is 0 Å². The summed E-state index contributed by atoms with van der Waals surface area (Å²) in [6.45, 7) is 12.2. The van der Waals surface area contributed by atoms with Crippen LogP contribution in [0, 0.1) is 6.92 Å². The predicted octanol–water partition coefficient (Wildman–Crippen LogP) is 3.73. The highest BCUT2D eigenvalue weighted by Crippen LogP contribution is 2.30. The topological polar surface area (TPSA) is 20.2 Å². The van der Waals surface area contributed by atoms with Crippen LogP contribution in [0.15, 0.2) is 24.8 Å². The number of aryl methyl sites for hydroxylation is 1. The van der Waals surface area contributed by atoms with E-state index in [-0.39, 0.29) is 5.41 Å². The molecule has 0 spiro atoms. The van der Waals surface area contributed by atoms with Gasteiger partial charge in [0.15, 0.2) is 0 Å². The molecule has 0 aliphatic heterocycles. The molecule has 1 nitrogen and oxygen atoms in total. The molecule has 1 aromatic rings. The number of rotatable bonds is 2. The molecule has 1 rings (SSSR count). The Morgan fingerprint density at radius 1 is 1.33 bits per heavy atom. The number of phenols is 1. The van der Waals surface area contributed by atoms with E-state index in [0.29, 0.717) is 5.75 Å². The van der Waals surface area contributed by atoms with Crippen LogP contribution in [-0.2, 0) is 11.8 Å². The van der Waals surface area contributed by atoms with E-state index in [4.69, 9.17) is 0 Å². The average molecular weight is 204 g/mol. The first-order valence-electron chi connectivity index (χ1n) is 5.30. The maximum Gasteiger partial charge on any atom is 0.122 e. The van der Waals surface area contributed by atoms with Crippen LogP contribution in [0.4, 0.5) is 0 Å². The summed E-state index contributed by atoms with van der Waals surface area (Å²) >= 11 is 0. The Hall–Kier alpha value is -1.24. The van der Waals surface area contributed by atoms with Crippen LogP contribution < -0.4 is 0 Å². The molecule has 1 aromatic carbocycles. The van der Waals surface area contributed by atoms with Gasteiger partial charge in [-0.3, -0.25) is 0 Å². The van der Waals surface area contributed by atoms with Gasteiger partial charge in [0.1, 0.15) is 5.75 Å². The molecule has 0 unspecified atom stereocenters. The highest BCUT2D eigenvalue weighted by Gasteiger charge is 2.16. The monoisotopic (exact) mass is 204 g/mol. The van der Waals surface area contributed by atoms with E-state index in [1.165, 1.54) is 5.56 Å². The Labute approximate surface area is 92.5 Å². The lowest BCUT2D eigenvalue weighted by molar-refractivity contribution is 0.464. The van der Waals surface area contributed by atoms with Gasteiger partial charge in [0.25, 0.3) is 0 Å². The largest absolute Gasteiger partial charge is 0.507 e. The molecule has 1 heteroatoms. The Morgan fingerprint density at radius 3 is 2.40 bits per heavy atom. The summed E-state index contributed by atoms with van der Waals surface area (Å²) < 4.78 is 0. The number of benzene rings is 1. The van der Waals surface area contributed by atoms with E-state index in [0.717, 1.165) is 17.5 Å². The van der Waals surface area contributed by atoms with E-state index in [9.17, 15) is 5.11 Å². The Balaban J connectivity index is 3.29. The van der Waals surface area contributed by atoms with Gasteiger partial charge in [0.2, 0.25) is 0 Å². The van der Waals surface area contributed by atoms with Crippen LogP contribution in [0.1, 0.15) is 37.5 Å². The minimum atomic E-state index is 0.119. The quantitative estimate of drug-likeness (QED) is 0.728. The molecule has 82 valence electrons. The summed E-state index contributed by atoms with van der Waals surface area (Å²) in [4.78, 5) is 0. The summed E-state index contributed by atoms with van der Waals surface area (Å²) in [5, 5.41) is 9.87. The van der Waals surface area contributed by atoms with Crippen LogP contribution >= 0.6 is 0 Å². The van der Waals surface area contributed by atoms with Gasteiger partial charge in [-0.15, -0.1) is 6.58 Å². The molecule has 0 saturated carbocycles. The first-order chi connectivity index (χ1) is 6.86. The number of phenolic OH excluding ortho intramolecular Hbond substituents is 1. The number of aromatic hydroxyl groups is 1. The van der Waals surface area contributed by atoms with Gasteiger partial charge in [0, 0.05) is 0 Å². The fraction of sp³-hybridized carbons (Fsp3) is 0.429. The molecule has 0 aromatic heterocycles. The van der Waals surface area contributed by atoms with Crippen molar-refractivity contribution in [3.05, 3.63) is 41.5 Å². The zero-order valence-electron chi connectivity index (χ0n) is 10.1. The van der Waals surface area contributed by atoms with Crippen LogP contribution in [0.3, 0.4) is 0 Å². The number of hydrogen-bond acceptors (Lipinski definition) is 1. The summed E-state index contributed by atoms with van der Waals surface area (Å²) in [6.07, 6.45) is 2.54. The third kappa shape index (κ3) is 2.62. The Morgan fingerprint density at radius 2 is 1.93 bits per heavy atom. The third-order valence-corrected chi connectivity index (χ3v) is 2.61. The van der Waals surface area contributed by atoms with E-state index in [1.807, 2.05) is 13.0 Å². The molecule has 0 amide bonds. The number of allylic oxidation sites excluding steroid dienone is 1. The predicted molar refractivity (Wildman–Crippen MR) is 65.4 cm³/mol. The molecule has 0 bridgehead atoms. The fourth-order valence-corrected chi connectivity index (χ4v) is 1.60. The molecule has 15 heavy (non-hydrogen) atoms. The lowest BCUT2D eigenvalue weighted by Gasteiger charge is -2.21. The molecule has 0 atom stereocenters. The molecule has 0 fully saturated rings. The van der Waals surface area contributed by atoms with Gasteiger partial charge in [-0.1, -0.05) is 39.0 Å². The van der Waals surface area contributed by atoms with Gasteiger partial charge in [-0.05, 0) is 35.4 Å². The summed E-state index contributed by atoms with van der Waals surface area (Å²) in [5.41, 5.74) is 3.29. The molecule has 0 radical (unpaired) electrons. The zero-order chi connectivity index (χ0) is 11.6. The van der Waals surface area contributed by atoms with Crippen LogP contribution in [-0.4, -0.2) is 5.11 Å². The van der Waals surface area contributed by atoms with Crippen LogP contribution in [0.5, 0.6) is 5.75 Å². The van der Waals surface area contributed by atoms with Crippen LogP contribution in [0.25, 0.3) is 0 Å². The SMILES string of the molecule is C=CCc1cc(C(C)(C)C)cc(C)c1O. The minimum absolute atomic E-state index is 0.119. The standard InChI is InChI=1S/C14H20O/c1-6-7-11-9-12(14(3,4)5)8-10(2)13(11)15/h6,8-9,15H,1,7H2,2-5H3. The van der Waals surface area contributed by atoms with Crippen molar-refractivity contribution in [2.75, 3.05) is 0 Å². The third-order valence-electron chi connectivity index (χ3n) is 2.61. The average Bonchev–Trinajstić information content (AvgIpc) is 2.11. The van der Waals surface area contributed by atoms with Crippen molar-refractivity contribution in [2.45, 2.75) is 39.5 Å². The van der Waals surface area contributed by atoms with Gasteiger partial charge in [-0.25, -0.2) is 0 Å². The van der Waals surface area contributed by atoms with Crippen molar-refractivity contribution < 1.29 is 5.11 Å². The van der Waals surface area contributed by atoms with Crippen molar-refractivity contribution in [2.24, 2.45) is 0 Å². The smallest absolute Gasteiger partial charge is 0.122 e. The van der Waals surface area contributed by atoms with E-state index < -0.39 is 0 Å². The van der Waals surface area contributed by atoms with Gasteiger partial charge >= 0.3 is 0 Å². The van der Waals surface area contributed by atoms with Crippen molar-refractivity contribution in [3.8, 4) is 5.75 Å². The second-order valence-corrected chi connectivity index (χ2v) is 5.04. The molecule has 0 saturated heterocycles. The minimum Gasteiger partial charge on any atom is -0.507 e. The molecule has 0 aliphatic carbocycles. The summed E-state index contributed by atoms with van der Waals surface area (Å²) in [7, 11) is 0. The molecule has 1 N–H and O–H groups in total. The normalized spacial score (nSPS) is 11.5. The van der Waals surface area contributed by atoms with Gasteiger partial charge in [-0.2, -0.15) is 0 Å². The molecular weight excluding hydrogens is 184 g/mol. The molecular formula is C14H20O. The second-order valence-electron chi connectivity index (χ2n) is 5.04. The Kier molecular flexibility index (Phi) is 3.23. The fourth-order valence-electron chi connectivity index (χ4n) is 1.60. The first kappa shape index (κ1) is 11.8. The van der Waals surface area contributed by atoms with E-state index in [2.05, 4.69) is 39.5 Å². The van der Waals surface area contributed by atoms with Gasteiger partial charge < -0.3 is 5.11 Å². The second kappa shape index (κ2) is 4.09. The van der Waals surface area contributed by atoms with Crippen molar-refractivity contribution in [1.29, 1.82) is 0 Å². The van der Waals surface area contributed by atoms with E-state index >= 15 is 0 Å². The maximum absolute atomic E-state index is 9.87. The van der Waals surface area contributed by atoms with Crippen molar-refractivity contribution in [3.63, 3.8) is 0 Å². The van der Waals surface area contributed by atoms with Crippen LogP contribution in [0.2, 0.25) is 0 Å². The maximum atomic E-state index is 9.87. The molecule has 0 aliphatic rings. The zero-order valence-corrected chi connectivity index (χ0v) is 10.1.